The summed E-state index contributed by atoms with van der Waals surface area (Å²) in [6.07, 6.45) is 5.16. The first kappa shape index (κ1) is 13.4. The Labute approximate surface area is 108 Å². The zero-order valence-electron chi connectivity index (χ0n) is 11.3. The Balaban J connectivity index is 1.93. The fourth-order valence-electron chi connectivity index (χ4n) is 3.33. The van der Waals surface area contributed by atoms with Gasteiger partial charge in [-0.3, -0.25) is 9.59 Å². The lowest BCUT2D eigenvalue weighted by molar-refractivity contribution is -0.159. The number of hydrogen-bond donors (Lipinski definition) is 2. The number of carboxylic acids is 1. The smallest absolute Gasteiger partial charge is 0.309 e. The van der Waals surface area contributed by atoms with Crippen molar-refractivity contribution in [2.75, 3.05) is 6.54 Å². The molecule has 102 valence electrons. The molecule has 0 spiro atoms. The summed E-state index contributed by atoms with van der Waals surface area (Å²) in [5, 5.41) is 12.3. The van der Waals surface area contributed by atoms with Gasteiger partial charge in [0.15, 0.2) is 0 Å². The van der Waals surface area contributed by atoms with E-state index >= 15 is 0 Å². The lowest BCUT2D eigenvalue weighted by Crippen LogP contribution is -2.50. The molecular weight excluding hydrogens is 230 g/mol. The molecule has 3 rings (SSSR count). The molecule has 0 aliphatic heterocycles. The Morgan fingerprint density at radius 3 is 2.00 bits per heavy atom. The first-order valence-corrected chi connectivity index (χ1v) is 6.90. The summed E-state index contributed by atoms with van der Waals surface area (Å²) in [6, 6.07) is 0. The third-order valence-corrected chi connectivity index (χ3v) is 5.02. The molecule has 18 heavy (non-hydrogen) atoms. The van der Waals surface area contributed by atoms with Gasteiger partial charge in [0.1, 0.15) is 0 Å². The number of carboxylic acid groups (broad SMARTS) is 1. The van der Waals surface area contributed by atoms with Gasteiger partial charge >= 0.3 is 5.97 Å². The van der Waals surface area contributed by atoms with Gasteiger partial charge in [0.25, 0.3) is 0 Å². The first-order valence-electron chi connectivity index (χ1n) is 6.90. The van der Waals surface area contributed by atoms with Crippen molar-refractivity contribution in [1.29, 1.82) is 0 Å². The minimum Gasteiger partial charge on any atom is -0.481 e. The highest BCUT2D eigenvalue weighted by Gasteiger charge is 2.52. The zero-order chi connectivity index (χ0) is 13.4. The van der Waals surface area contributed by atoms with E-state index < -0.39 is 11.4 Å². The van der Waals surface area contributed by atoms with Crippen LogP contribution in [0.25, 0.3) is 0 Å². The van der Waals surface area contributed by atoms with Crippen molar-refractivity contribution < 1.29 is 14.7 Å². The van der Waals surface area contributed by atoms with Crippen LogP contribution in [0.4, 0.5) is 0 Å². The number of hydrogen-bond acceptors (Lipinski definition) is 2. The molecule has 0 aromatic rings. The van der Waals surface area contributed by atoms with Crippen molar-refractivity contribution in [2.24, 2.45) is 16.7 Å². The molecule has 4 heteroatoms. The van der Waals surface area contributed by atoms with Crippen molar-refractivity contribution in [2.45, 2.75) is 52.4 Å². The summed E-state index contributed by atoms with van der Waals surface area (Å²) < 4.78 is 0. The maximum atomic E-state index is 11.6. The molecule has 0 radical (unpaired) electrons. The molecule has 0 heterocycles. The summed E-state index contributed by atoms with van der Waals surface area (Å²) in [4.78, 5) is 22.9. The molecule has 3 fully saturated rings. The van der Waals surface area contributed by atoms with Crippen LogP contribution >= 0.6 is 0 Å². The van der Waals surface area contributed by atoms with Crippen molar-refractivity contribution in [1.82, 2.24) is 5.32 Å². The zero-order valence-corrected chi connectivity index (χ0v) is 11.3. The normalized spacial score (nSPS) is 34.6. The Bertz CT molecular complexity index is 338. The van der Waals surface area contributed by atoms with Crippen LogP contribution in [0.3, 0.4) is 0 Å². The summed E-state index contributed by atoms with van der Waals surface area (Å²) in [6.45, 7) is 4.51. The predicted molar refractivity (Wildman–Crippen MR) is 68.1 cm³/mol. The highest BCUT2D eigenvalue weighted by atomic mass is 16.4. The Hall–Kier alpha value is -1.06. The van der Waals surface area contributed by atoms with E-state index in [0.717, 1.165) is 45.1 Å². The van der Waals surface area contributed by atoms with Crippen molar-refractivity contribution in [3.05, 3.63) is 0 Å². The fraction of sp³-hybridized carbons (Fsp3) is 0.857. The van der Waals surface area contributed by atoms with E-state index in [1.165, 1.54) is 0 Å². The number of aliphatic carboxylic acids is 1. The van der Waals surface area contributed by atoms with Gasteiger partial charge in [-0.15, -0.1) is 0 Å². The number of carbonyl (C=O) groups is 2. The molecule has 3 saturated carbocycles. The minimum atomic E-state index is -0.623. The largest absolute Gasteiger partial charge is 0.481 e. The molecule has 2 bridgehead atoms. The van der Waals surface area contributed by atoms with E-state index in [4.69, 9.17) is 0 Å². The second kappa shape index (κ2) is 4.56. The van der Waals surface area contributed by atoms with Crippen LogP contribution in [0.1, 0.15) is 52.4 Å². The Kier molecular flexibility index (Phi) is 3.39. The Morgan fingerprint density at radius 2 is 1.61 bits per heavy atom. The molecule has 0 aromatic carbocycles. The topological polar surface area (TPSA) is 66.4 Å². The predicted octanol–water partition coefficient (Wildman–Crippen LogP) is 2.18. The molecule has 2 N–H and O–H groups in total. The molecule has 3 aliphatic carbocycles. The highest BCUT2D eigenvalue weighted by molar-refractivity contribution is 5.78. The average molecular weight is 253 g/mol. The first-order chi connectivity index (χ1) is 8.39. The maximum Gasteiger partial charge on any atom is 0.309 e. The Morgan fingerprint density at radius 1 is 1.11 bits per heavy atom. The second-order valence-corrected chi connectivity index (χ2v) is 6.46. The molecular formula is C14H23NO3. The molecule has 0 atom stereocenters. The van der Waals surface area contributed by atoms with E-state index in [1.54, 1.807) is 0 Å². The number of rotatable bonds is 4. The fourth-order valence-corrected chi connectivity index (χ4v) is 3.33. The third-order valence-electron chi connectivity index (χ3n) is 5.02. The van der Waals surface area contributed by atoms with Gasteiger partial charge in [-0.2, -0.15) is 0 Å². The molecule has 0 aromatic heterocycles. The van der Waals surface area contributed by atoms with Gasteiger partial charge in [-0.1, -0.05) is 13.8 Å². The quantitative estimate of drug-likeness (QED) is 0.807. The van der Waals surface area contributed by atoms with Gasteiger partial charge in [-0.05, 0) is 43.9 Å². The van der Waals surface area contributed by atoms with Crippen molar-refractivity contribution in [3.8, 4) is 0 Å². The second-order valence-electron chi connectivity index (χ2n) is 6.46. The molecule has 1 amide bonds. The summed E-state index contributed by atoms with van der Waals surface area (Å²) in [7, 11) is 0. The minimum absolute atomic E-state index is 0.0201. The molecule has 4 nitrogen and oxygen atoms in total. The van der Waals surface area contributed by atoms with E-state index in [2.05, 4.69) is 5.32 Å². The van der Waals surface area contributed by atoms with E-state index in [-0.39, 0.29) is 17.2 Å². The number of nitrogens with one attached hydrogen (secondary N) is 1. The van der Waals surface area contributed by atoms with Crippen LogP contribution in [0, 0.1) is 16.7 Å². The van der Waals surface area contributed by atoms with E-state index in [0.29, 0.717) is 0 Å². The maximum absolute atomic E-state index is 11.6. The van der Waals surface area contributed by atoms with E-state index in [1.807, 2.05) is 13.8 Å². The van der Waals surface area contributed by atoms with Gasteiger partial charge in [0, 0.05) is 12.5 Å². The lowest BCUT2D eigenvalue weighted by Gasteiger charge is -2.51. The lowest BCUT2D eigenvalue weighted by atomic mass is 9.53. The third kappa shape index (κ3) is 2.25. The van der Waals surface area contributed by atoms with Crippen LogP contribution in [0.5, 0.6) is 0 Å². The number of amides is 1. The molecule has 0 unspecified atom stereocenters. The molecule has 0 saturated heterocycles. The average Bonchev–Trinajstić information content (AvgIpc) is 2.38. The summed E-state index contributed by atoms with van der Waals surface area (Å²) >= 11 is 0. The van der Waals surface area contributed by atoms with Crippen molar-refractivity contribution in [3.63, 3.8) is 0 Å². The van der Waals surface area contributed by atoms with Crippen LogP contribution in [0.15, 0.2) is 0 Å². The van der Waals surface area contributed by atoms with Crippen LogP contribution in [-0.2, 0) is 9.59 Å². The number of fused-ring (bicyclic) bond motifs is 3. The molecule has 3 aliphatic rings. The van der Waals surface area contributed by atoms with Gasteiger partial charge in [-0.25, -0.2) is 0 Å². The monoisotopic (exact) mass is 253 g/mol. The standard InChI is InChI=1S/C14H23NO3/c1-10(2)11(16)15-9-13-3-6-14(7-4-13,8-5-13)12(17)18/h10H,3-9H2,1-2H3,(H,15,16)(H,17,18). The van der Waals surface area contributed by atoms with Crippen molar-refractivity contribution >= 4 is 11.9 Å². The van der Waals surface area contributed by atoms with Gasteiger partial charge in [0.2, 0.25) is 5.91 Å². The number of carbonyl (C=O) groups excluding carboxylic acids is 1. The van der Waals surface area contributed by atoms with E-state index in [9.17, 15) is 14.7 Å². The summed E-state index contributed by atoms with van der Waals surface area (Å²) in [5.41, 5.74) is -0.286. The van der Waals surface area contributed by atoms with Gasteiger partial charge < -0.3 is 10.4 Å². The van der Waals surface area contributed by atoms with Gasteiger partial charge in [0.05, 0.1) is 5.41 Å². The van der Waals surface area contributed by atoms with Crippen LogP contribution < -0.4 is 5.32 Å². The summed E-state index contributed by atoms with van der Waals surface area (Å²) in [5.74, 6) is -0.501. The van der Waals surface area contributed by atoms with Crippen LogP contribution in [0.2, 0.25) is 0 Å². The highest BCUT2D eigenvalue weighted by Crippen LogP contribution is 2.56. The van der Waals surface area contributed by atoms with Crippen LogP contribution in [-0.4, -0.2) is 23.5 Å². The SMILES string of the molecule is CC(C)C(=O)NCC12CCC(C(=O)O)(CC1)CC2.